The first-order valence-corrected chi connectivity index (χ1v) is 8.41. The molecule has 0 fully saturated rings. The number of anilines is 1. The van der Waals surface area contributed by atoms with Gasteiger partial charge in [0.1, 0.15) is 0 Å². The number of amides is 1. The molecule has 0 bridgehead atoms. The molecule has 4 heteroatoms. The molecule has 2 aromatic rings. The van der Waals surface area contributed by atoms with E-state index in [4.69, 9.17) is 0 Å². The summed E-state index contributed by atoms with van der Waals surface area (Å²) in [4.78, 5) is 14.3. The van der Waals surface area contributed by atoms with Crippen molar-refractivity contribution in [1.82, 2.24) is 0 Å². The number of halogens is 1. The van der Waals surface area contributed by atoms with Gasteiger partial charge in [-0.2, -0.15) is 0 Å². The van der Waals surface area contributed by atoms with Crippen LogP contribution in [0.3, 0.4) is 0 Å². The zero-order valence-electron chi connectivity index (χ0n) is 11.5. The van der Waals surface area contributed by atoms with Gasteiger partial charge in [-0.25, -0.2) is 0 Å². The number of carbonyl (C=O) groups excluding carboxylic acids is 1. The molecule has 1 aromatic carbocycles. The van der Waals surface area contributed by atoms with Crippen LogP contribution in [0.2, 0.25) is 0 Å². The van der Waals surface area contributed by atoms with Crippen molar-refractivity contribution >= 4 is 38.9 Å². The average molecular weight is 350 g/mol. The maximum Gasteiger partial charge on any atom is 0.224 e. The zero-order valence-corrected chi connectivity index (χ0v) is 13.9. The maximum atomic E-state index is 11.4. The van der Waals surface area contributed by atoms with Crippen molar-refractivity contribution < 1.29 is 4.79 Å². The fraction of sp³-hybridized carbons (Fsp3) is 0.312. The van der Waals surface area contributed by atoms with Gasteiger partial charge in [0.15, 0.2) is 0 Å². The van der Waals surface area contributed by atoms with E-state index < -0.39 is 0 Å². The lowest BCUT2D eigenvalue weighted by Gasteiger charge is -2.19. The van der Waals surface area contributed by atoms with Crippen LogP contribution in [-0.4, -0.2) is 5.91 Å². The summed E-state index contributed by atoms with van der Waals surface area (Å²) in [5, 5.41) is 2.93. The standard InChI is InChI=1S/C16H16BrNOS/c1-9-7-14(20-10(9)2)16(17)12-3-5-13-11(8-12)4-6-15(19)18-13/h3,5,7-8,16H,4,6H2,1-2H3,(H,18,19). The molecule has 0 aliphatic carbocycles. The number of alkyl halides is 1. The number of carbonyl (C=O) groups is 1. The average Bonchev–Trinajstić information content (AvgIpc) is 2.77. The molecule has 1 N–H and O–H groups in total. The number of fused-ring (bicyclic) bond motifs is 1. The molecule has 0 saturated carbocycles. The van der Waals surface area contributed by atoms with Crippen LogP contribution in [0, 0.1) is 13.8 Å². The highest BCUT2D eigenvalue weighted by Crippen LogP contribution is 2.38. The van der Waals surface area contributed by atoms with E-state index in [-0.39, 0.29) is 10.7 Å². The Morgan fingerprint density at radius 3 is 2.75 bits per heavy atom. The first-order chi connectivity index (χ1) is 9.54. The number of hydrogen-bond acceptors (Lipinski definition) is 2. The Morgan fingerprint density at radius 1 is 1.25 bits per heavy atom. The summed E-state index contributed by atoms with van der Waals surface area (Å²) in [6.45, 7) is 4.31. The van der Waals surface area contributed by atoms with Crippen LogP contribution in [0.1, 0.15) is 37.7 Å². The Morgan fingerprint density at radius 2 is 2.05 bits per heavy atom. The van der Waals surface area contributed by atoms with E-state index in [0.717, 1.165) is 12.1 Å². The third kappa shape index (κ3) is 2.54. The third-order valence-corrected chi connectivity index (χ3v) is 6.29. The molecule has 2 nitrogen and oxygen atoms in total. The first kappa shape index (κ1) is 13.8. The number of thiophene rings is 1. The Kier molecular flexibility index (Phi) is 3.69. The van der Waals surface area contributed by atoms with Crippen molar-refractivity contribution in [3.05, 3.63) is 50.7 Å². The summed E-state index contributed by atoms with van der Waals surface area (Å²) in [7, 11) is 0. The van der Waals surface area contributed by atoms with Crippen LogP contribution in [0.25, 0.3) is 0 Å². The fourth-order valence-corrected chi connectivity index (χ4v) is 4.20. The van der Waals surface area contributed by atoms with Crippen LogP contribution in [0.4, 0.5) is 5.69 Å². The summed E-state index contributed by atoms with van der Waals surface area (Å²) in [5.41, 5.74) is 4.79. The van der Waals surface area contributed by atoms with Crippen LogP contribution < -0.4 is 5.32 Å². The lowest BCUT2D eigenvalue weighted by atomic mass is 9.99. The number of nitrogens with one attached hydrogen (secondary N) is 1. The third-order valence-electron chi connectivity index (χ3n) is 3.75. The predicted molar refractivity (Wildman–Crippen MR) is 88.0 cm³/mol. The van der Waals surface area contributed by atoms with Crippen molar-refractivity contribution in [3.63, 3.8) is 0 Å². The second-order valence-electron chi connectivity index (χ2n) is 5.22. The number of aryl methyl sites for hydroxylation is 3. The van der Waals surface area contributed by atoms with Crippen molar-refractivity contribution in [2.24, 2.45) is 0 Å². The molecule has 1 aromatic heterocycles. The SMILES string of the molecule is Cc1cc(C(Br)c2ccc3c(c2)CCC(=O)N3)sc1C. The first-order valence-electron chi connectivity index (χ1n) is 6.68. The van der Waals surface area contributed by atoms with Gasteiger partial charge in [0, 0.05) is 21.9 Å². The molecule has 1 aliphatic rings. The molecule has 1 atom stereocenters. The molecule has 2 heterocycles. The Balaban J connectivity index is 1.92. The minimum Gasteiger partial charge on any atom is -0.326 e. The molecule has 1 aliphatic heterocycles. The van der Waals surface area contributed by atoms with Crippen molar-refractivity contribution in [3.8, 4) is 0 Å². The molecule has 1 amide bonds. The van der Waals surface area contributed by atoms with Crippen LogP contribution >= 0.6 is 27.3 Å². The minimum absolute atomic E-state index is 0.116. The van der Waals surface area contributed by atoms with Gasteiger partial charge in [-0.3, -0.25) is 4.79 Å². The van der Waals surface area contributed by atoms with Crippen molar-refractivity contribution in [2.45, 2.75) is 31.5 Å². The highest BCUT2D eigenvalue weighted by Gasteiger charge is 2.18. The monoisotopic (exact) mass is 349 g/mol. The topological polar surface area (TPSA) is 29.1 Å². The lowest BCUT2D eigenvalue weighted by molar-refractivity contribution is -0.116. The number of hydrogen-bond donors (Lipinski definition) is 1. The summed E-state index contributed by atoms with van der Waals surface area (Å²) in [6.07, 6.45) is 1.41. The molecule has 0 radical (unpaired) electrons. The molecule has 0 saturated heterocycles. The largest absolute Gasteiger partial charge is 0.326 e. The molecule has 0 spiro atoms. The molecule has 20 heavy (non-hydrogen) atoms. The van der Waals surface area contributed by atoms with Crippen LogP contribution in [0.5, 0.6) is 0 Å². The van der Waals surface area contributed by atoms with Crippen molar-refractivity contribution in [1.29, 1.82) is 0 Å². The van der Waals surface area contributed by atoms with Gasteiger partial charge in [0.2, 0.25) is 5.91 Å². The summed E-state index contributed by atoms with van der Waals surface area (Å²) in [6, 6.07) is 8.57. The number of benzene rings is 1. The fourth-order valence-electron chi connectivity index (χ4n) is 2.45. The molecule has 3 rings (SSSR count). The molecule has 104 valence electrons. The quantitative estimate of drug-likeness (QED) is 0.779. The summed E-state index contributed by atoms with van der Waals surface area (Å²) < 4.78 is 0. The van der Waals surface area contributed by atoms with Gasteiger partial charge < -0.3 is 5.32 Å². The second kappa shape index (κ2) is 5.34. The summed E-state index contributed by atoms with van der Waals surface area (Å²) in [5.74, 6) is 0.116. The Bertz CT molecular complexity index is 658. The minimum atomic E-state index is 0.116. The van der Waals surface area contributed by atoms with E-state index in [0.29, 0.717) is 6.42 Å². The van der Waals surface area contributed by atoms with Gasteiger partial charge in [0.25, 0.3) is 0 Å². The van der Waals surface area contributed by atoms with Crippen LogP contribution in [-0.2, 0) is 11.2 Å². The second-order valence-corrected chi connectivity index (χ2v) is 7.42. The summed E-state index contributed by atoms with van der Waals surface area (Å²) >= 11 is 5.64. The highest BCUT2D eigenvalue weighted by atomic mass is 79.9. The Labute approximate surface area is 131 Å². The van der Waals surface area contributed by atoms with E-state index in [1.807, 2.05) is 17.4 Å². The highest BCUT2D eigenvalue weighted by molar-refractivity contribution is 9.09. The molecule has 1 unspecified atom stereocenters. The maximum absolute atomic E-state index is 11.4. The van der Waals surface area contributed by atoms with E-state index >= 15 is 0 Å². The van der Waals surface area contributed by atoms with Gasteiger partial charge in [-0.05, 0) is 49.1 Å². The smallest absolute Gasteiger partial charge is 0.224 e. The number of rotatable bonds is 2. The zero-order chi connectivity index (χ0) is 14.3. The van der Waals surface area contributed by atoms with Gasteiger partial charge in [-0.1, -0.05) is 28.1 Å². The van der Waals surface area contributed by atoms with E-state index in [1.54, 1.807) is 0 Å². The van der Waals surface area contributed by atoms with E-state index in [1.165, 1.54) is 26.4 Å². The van der Waals surface area contributed by atoms with E-state index in [9.17, 15) is 4.79 Å². The van der Waals surface area contributed by atoms with Crippen LogP contribution in [0.15, 0.2) is 24.3 Å². The normalized spacial score (nSPS) is 15.7. The Hall–Kier alpha value is -1.13. The van der Waals surface area contributed by atoms with Gasteiger partial charge in [-0.15, -0.1) is 11.3 Å². The molecular weight excluding hydrogens is 334 g/mol. The predicted octanol–water partition coefficient (Wildman–Crippen LogP) is 4.73. The lowest BCUT2D eigenvalue weighted by Crippen LogP contribution is -2.19. The molecular formula is C16H16BrNOS. The van der Waals surface area contributed by atoms with Gasteiger partial charge in [0.05, 0.1) is 4.83 Å². The van der Waals surface area contributed by atoms with E-state index in [2.05, 4.69) is 53.3 Å². The van der Waals surface area contributed by atoms with Gasteiger partial charge >= 0.3 is 0 Å². The van der Waals surface area contributed by atoms with Crippen molar-refractivity contribution in [2.75, 3.05) is 5.32 Å².